The van der Waals surface area contributed by atoms with E-state index in [1.54, 1.807) is 11.3 Å². The number of hydrogen-bond donors (Lipinski definition) is 1. The van der Waals surface area contributed by atoms with E-state index in [1.165, 1.54) is 12.1 Å². The molecule has 1 aliphatic heterocycles. The number of aryl methyl sites for hydroxylation is 2. The number of fused-ring (bicyclic) bond motifs is 1. The molecule has 1 aliphatic rings. The maximum atomic E-state index is 13.4. The summed E-state index contributed by atoms with van der Waals surface area (Å²) in [5.74, 6) is 1.36. The SMILES string of the molecule is Cc1nc(NN2CCN(C)CC2)c2c(-c3ccc(F)cc3)c(C)sc2n1. The Hall–Kier alpha value is -2.09. The number of anilines is 1. The van der Waals surface area contributed by atoms with Crippen molar-refractivity contribution in [3.63, 3.8) is 0 Å². The van der Waals surface area contributed by atoms with Crippen molar-refractivity contribution < 1.29 is 4.39 Å². The summed E-state index contributed by atoms with van der Waals surface area (Å²) in [6, 6.07) is 6.65. The average Bonchev–Trinajstić information content (AvgIpc) is 2.93. The predicted octanol–water partition coefficient (Wildman–Crippen LogP) is 3.69. The zero-order valence-corrected chi connectivity index (χ0v) is 16.0. The van der Waals surface area contributed by atoms with Gasteiger partial charge in [0.15, 0.2) is 5.82 Å². The number of thiophene rings is 1. The molecular formula is C19H22FN5S. The van der Waals surface area contributed by atoms with Crippen LogP contribution in [0.4, 0.5) is 10.2 Å². The maximum absolute atomic E-state index is 13.4. The summed E-state index contributed by atoms with van der Waals surface area (Å²) in [6.07, 6.45) is 0. The van der Waals surface area contributed by atoms with Crippen molar-refractivity contribution >= 4 is 27.4 Å². The van der Waals surface area contributed by atoms with Crippen LogP contribution in [0.2, 0.25) is 0 Å². The number of nitrogens with one attached hydrogen (secondary N) is 1. The Morgan fingerprint density at radius 3 is 2.42 bits per heavy atom. The Labute approximate surface area is 156 Å². The molecule has 3 aromatic rings. The zero-order valence-electron chi connectivity index (χ0n) is 15.2. The van der Waals surface area contributed by atoms with Crippen LogP contribution in [0.1, 0.15) is 10.7 Å². The van der Waals surface area contributed by atoms with Crippen LogP contribution in [-0.4, -0.2) is 53.1 Å². The quantitative estimate of drug-likeness (QED) is 0.761. The van der Waals surface area contributed by atoms with Crippen LogP contribution in [0.15, 0.2) is 24.3 Å². The molecule has 0 unspecified atom stereocenters. The molecule has 26 heavy (non-hydrogen) atoms. The first-order chi connectivity index (χ1) is 12.5. The van der Waals surface area contributed by atoms with E-state index in [1.807, 2.05) is 19.1 Å². The summed E-state index contributed by atoms with van der Waals surface area (Å²) < 4.78 is 13.4. The number of halogens is 1. The summed E-state index contributed by atoms with van der Waals surface area (Å²) in [5.41, 5.74) is 5.58. The minimum atomic E-state index is -0.228. The Bertz CT molecular complexity index is 929. The molecule has 0 atom stereocenters. The maximum Gasteiger partial charge on any atom is 0.153 e. The van der Waals surface area contributed by atoms with Crippen LogP contribution in [0.3, 0.4) is 0 Å². The van der Waals surface area contributed by atoms with Gasteiger partial charge in [-0.2, -0.15) is 0 Å². The number of aromatic nitrogens is 2. The number of benzene rings is 1. The molecule has 3 heterocycles. The number of nitrogens with zero attached hydrogens (tertiary/aromatic N) is 4. The topological polar surface area (TPSA) is 44.3 Å². The molecule has 1 N–H and O–H groups in total. The smallest absolute Gasteiger partial charge is 0.153 e. The second-order valence-electron chi connectivity index (χ2n) is 6.74. The first-order valence-corrected chi connectivity index (χ1v) is 9.57. The lowest BCUT2D eigenvalue weighted by Crippen LogP contribution is -2.47. The van der Waals surface area contributed by atoms with Gasteiger partial charge >= 0.3 is 0 Å². The molecule has 136 valence electrons. The average molecular weight is 371 g/mol. The fourth-order valence-electron chi connectivity index (χ4n) is 3.33. The van der Waals surface area contributed by atoms with E-state index in [0.717, 1.165) is 64.0 Å². The van der Waals surface area contributed by atoms with Crippen LogP contribution in [0.5, 0.6) is 0 Å². The van der Waals surface area contributed by atoms with E-state index >= 15 is 0 Å². The van der Waals surface area contributed by atoms with Crippen LogP contribution in [-0.2, 0) is 0 Å². The molecular weight excluding hydrogens is 349 g/mol. The van der Waals surface area contributed by atoms with Crippen molar-refractivity contribution in [2.24, 2.45) is 0 Å². The molecule has 0 amide bonds. The van der Waals surface area contributed by atoms with Crippen molar-refractivity contribution in [3.8, 4) is 11.1 Å². The standard InChI is InChI=1S/C19H22FN5S/c1-12-16(14-4-6-15(20)7-5-14)17-18(21-13(2)22-19(17)26-12)23-25-10-8-24(3)9-11-25/h4-7H,8-11H2,1-3H3,(H,21,22,23). The zero-order chi connectivity index (χ0) is 18.3. The fraction of sp³-hybridized carbons (Fsp3) is 0.368. The Morgan fingerprint density at radius 2 is 1.73 bits per heavy atom. The molecule has 2 aromatic heterocycles. The molecule has 1 saturated heterocycles. The van der Waals surface area contributed by atoms with Crippen LogP contribution >= 0.6 is 11.3 Å². The molecule has 1 fully saturated rings. The van der Waals surface area contributed by atoms with E-state index in [2.05, 4.69) is 39.3 Å². The molecule has 0 bridgehead atoms. The monoisotopic (exact) mass is 371 g/mol. The van der Waals surface area contributed by atoms with Crippen molar-refractivity contribution in [2.45, 2.75) is 13.8 Å². The van der Waals surface area contributed by atoms with Gasteiger partial charge in [-0.1, -0.05) is 12.1 Å². The van der Waals surface area contributed by atoms with Crippen LogP contribution in [0.25, 0.3) is 21.3 Å². The molecule has 0 aliphatic carbocycles. The Balaban J connectivity index is 1.80. The highest BCUT2D eigenvalue weighted by molar-refractivity contribution is 7.19. The predicted molar refractivity (Wildman–Crippen MR) is 105 cm³/mol. The molecule has 4 rings (SSSR count). The van der Waals surface area contributed by atoms with Gasteiger partial charge in [0.05, 0.1) is 5.39 Å². The minimum absolute atomic E-state index is 0.228. The lowest BCUT2D eigenvalue weighted by Gasteiger charge is -2.32. The van der Waals surface area contributed by atoms with Gasteiger partial charge < -0.3 is 10.3 Å². The van der Waals surface area contributed by atoms with Gasteiger partial charge in [0.25, 0.3) is 0 Å². The van der Waals surface area contributed by atoms with Crippen LogP contribution in [0, 0.1) is 19.7 Å². The second kappa shape index (κ2) is 6.90. The van der Waals surface area contributed by atoms with E-state index in [4.69, 9.17) is 0 Å². The molecule has 0 spiro atoms. The van der Waals surface area contributed by atoms with E-state index in [-0.39, 0.29) is 5.82 Å². The highest BCUT2D eigenvalue weighted by atomic mass is 32.1. The molecule has 0 radical (unpaired) electrons. The molecule has 7 heteroatoms. The highest BCUT2D eigenvalue weighted by Crippen LogP contribution is 2.40. The van der Waals surface area contributed by atoms with Gasteiger partial charge in [0.2, 0.25) is 0 Å². The molecule has 1 aromatic carbocycles. The molecule has 0 saturated carbocycles. The largest absolute Gasteiger partial charge is 0.304 e. The summed E-state index contributed by atoms with van der Waals surface area (Å²) in [6.45, 7) is 7.93. The normalized spacial score (nSPS) is 16.3. The lowest BCUT2D eigenvalue weighted by atomic mass is 10.0. The van der Waals surface area contributed by atoms with Gasteiger partial charge in [-0.15, -0.1) is 11.3 Å². The van der Waals surface area contributed by atoms with E-state index < -0.39 is 0 Å². The third-order valence-electron chi connectivity index (χ3n) is 4.74. The third kappa shape index (κ3) is 3.30. The van der Waals surface area contributed by atoms with Gasteiger partial charge in [-0.3, -0.25) is 0 Å². The fourth-order valence-corrected chi connectivity index (χ4v) is 4.42. The number of hydrogen-bond acceptors (Lipinski definition) is 6. The number of hydrazine groups is 1. The Morgan fingerprint density at radius 1 is 1.04 bits per heavy atom. The lowest BCUT2D eigenvalue weighted by molar-refractivity contribution is 0.178. The van der Waals surface area contributed by atoms with E-state index in [9.17, 15) is 4.39 Å². The minimum Gasteiger partial charge on any atom is -0.304 e. The van der Waals surface area contributed by atoms with Crippen LogP contribution < -0.4 is 5.43 Å². The Kier molecular flexibility index (Phi) is 4.60. The van der Waals surface area contributed by atoms with E-state index in [0.29, 0.717) is 0 Å². The van der Waals surface area contributed by atoms with Gasteiger partial charge in [0, 0.05) is 36.6 Å². The first-order valence-electron chi connectivity index (χ1n) is 8.75. The number of likely N-dealkylation sites (N-methyl/N-ethyl adjacent to an activating group) is 1. The van der Waals surface area contributed by atoms with Crippen molar-refractivity contribution in [1.29, 1.82) is 0 Å². The number of piperazine rings is 1. The first kappa shape index (κ1) is 17.3. The van der Waals surface area contributed by atoms with Gasteiger partial charge in [-0.25, -0.2) is 19.4 Å². The summed E-state index contributed by atoms with van der Waals surface area (Å²) in [5, 5.41) is 3.23. The van der Waals surface area contributed by atoms with Gasteiger partial charge in [0.1, 0.15) is 16.5 Å². The highest BCUT2D eigenvalue weighted by Gasteiger charge is 2.20. The van der Waals surface area contributed by atoms with Crippen molar-refractivity contribution in [3.05, 3.63) is 40.8 Å². The summed E-state index contributed by atoms with van der Waals surface area (Å²) >= 11 is 1.66. The third-order valence-corrected chi connectivity index (χ3v) is 5.74. The van der Waals surface area contributed by atoms with Gasteiger partial charge in [-0.05, 0) is 38.6 Å². The summed E-state index contributed by atoms with van der Waals surface area (Å²) in [7, 11) is 2.14. The second-order valence-corrected chi connectivity index (χ2v) is 7.95. The number of rotatable bonds is 3. The van der Waals surface area contributed by atoms with Crippen molar-refractivity contribution in [2.75, 3.05) is 38.7 Å². The molecule has 5 nitrogen and oxygen atoms in total. The summed E-state index contributed by atoms with van der Waals surface area (Å²) in [4.78, 5) is 13.8. The van der Waals surface area contributed by atoms with Crippen molar-refractivity contribution in [1.82, 2.24) is 19.9 Å².